The number of aliphatic carboxylic acids is 1. The molecule has 7 heteroatoms. The molecule has 0 saturated carbocycles. The molecule has 0 spiro atoms. The number of ketones is 1. The third-order valence-electron chi connectivity index (χ3n) is 4.63. The Balaban J connectivity index is 1.64. The second kappa shape index (κ2) is 7.11. The van der Waals surface area contributed by atoms with Crippen molar-refractivity contribution < 1.29 is 14.7 Å². The molecule has 0 radical (unpaired) electrons. The van der Waals surface area contributed by atoms with Crippen molar-refractivity contribution in [3.8, 4) is 0 Å². The average molecular weight is 362 g/mol. The Kier molecular flexibility index (Phi) is 4.50. The highest BCUT2D eigenvalue weighted by atomic mass is 16.4. The van der Waals surface area contributed by atoms with Crippen LogP contribution in [0.15, 0.2) is 52.7 Å². The molecule has 2 aliphatic heterocycles. The highest BCUT2D eigenvalue weighted by molar-refractivity contribution is 6.20. The minimum atomic E-state index is -0.828. The van der Waals surface area contributed by atoms with E-state index in [1.165, 1.54) is 0 Å². The summed E-state index contributed by atoms with van der Waals surface area (Å²) in [6.07, 6.45) is 3.88. The standard InChI is InChI=1S/C20H18N4O3/c25-17(14-2-1-7-21-12-14)11-18-23-16-10-13(4-6-19(26)27)3-5-15(16)20-22-8-9-24(18)20/h1-3,5,7,10,12H,4,6,8-9,11H2,(H,26,27). The normalized spacial score (nSPS) is 14.9. The van der Waals surface area contributed by atoms with Gasteiger partial charge in [0.2, 0.25) is 0 Å². The third-order valence-corrected chi connectivity index (χ3v) is 4.63. The number of rotatable bonds is 6. The highest BCUT2D eigenvalue weighted by Crippen LogP contribution is 2.31. The van der Waals surface area contributed by atoms with Crippen molar-refractivity contribution in [2.45, 2.75) is 19.3 Å². The van der Waals surface area contributed by atoms with Crippen LogP contribution in [0.1, 0.15) is 34.3 Å². The molecule has 0 atom stereocenters. The topological polar surface area (TPSA) is 95.2 Å². The van der Waals surface area contributed by atoms with E-state index in [0.29, 0.717) is 30.9 Å². The molecule has 1 aromatic heterocycles. The smallest absolute Gasteiger partial charge is 0.303 e. The molecular formula is C20H18N4O3. The first-order chi connectivity index (χ1) is 13.1. The van der Waals surface area contributed by atoms with Crippen molar-refractivity contribution in [1.82, 2.24) is 9.88 Å². The molecular weight excluding hydrogens is 344 g/mol. The van der Waals surface area contributed by atoms with Gasteiger partial charge in [-0.1, -0.05) is 6.07 Å². The fraction of sp³-hybridized carbons (Fsp3) is 0.250. The zero-order chi connectivity index (χ0) is 18.8. The van der Waals surface area contributed by atoms with Gasteiger partial charge in [0.05, 0.1) is 18.7 Å². The number of hydrogen-bond donors (Lipinski definition) is 1. The number of aliphatic imine (C=N–C) groups is 2. The van der Waals surface area contributed by atoms with Crippen LogP contribution in [0.5, 0.6) is 0 Å². The molecule has 0 bridgehead atoms. The van der Waals surface area contributed by atoms with Crippen LogP contribution in [0, 0.1) is 0 Å². The van der Waals surface area contributed by atoms with Crippen LogP contribution in [0.4, 0.5) is 5.69 Å². The Morgan fingerprint density at radius 3 is 2.89 bits per heavy atom. The number of pyridine rings is 1. The second-order valence-electron chi connectivity index (χ2n) is 6.47. The molecule has 0 fully saturated rings. The van der Waals surface area contributed by atoms with E-state index >= 15 is 0 Å². The van der Waals surface area contributed by atoms with Crippen molar-refractivity contribution in [3.63, 3.8) is 0 Å². The van der Waals surface area contributed by atoms with Crippen LogP contribution in [0.3, 0.4) is 0 Å². The zero-order valence-corrected chi connectivity index (χ0v) is 14.6. The maximum atomic E-state index is 12.6. The predicted molar refractivity (Wildman–Crippen MR) is 101 cm³/mol. The van der Waals surface area contributed by atoms with Crippen LogP contribution in [0.2, 0.25) is 0 Å². The van der Waals surface area contributed by atoms with Crippen molar-refractivity contribution in [2.24, 2.45) is 9.98 Å². The van der Waals surface area contributed by atoms with E-state index in [1.807, 2.05) is 23.1 Å². The number of carbonyl (C=O) groups excluding carboxylic acids is 1. The number of nitrogens with zero attached hydrogens (tertiary/aromatic N) is 4. The third kappa shape index (κ3) is 3.48. The molecule has 0 unspecified atom stereocenters. The fourth-order valence-electron chi connectivity index (χ4n) is 3.30. The van der Waals surface area contributed by atoms with E-state index in [4.69, 9.17) is 10.1 Å². The maximum Gasteiger partial charge on any atom is 0.303 e. The van der Waals surface area contributed by atoms with Gasteiger partial charge >= 0.3 is 5.97 Å². The molecule has 136 valence electrons. The number of Topliss-reactive ketones (excluding diaryl/α,β-unsaturated/α-hetero) is 1. The van der Waals surface area contributed by atoms with E-state index in [0.717, 1.165) is 22.6 Å². The molecule has 2 aliphatic rings. The van der Waals surface area contributed by atoms with Gasteiger partial charge in [0.25, 0.3) is 0 Å². The zero-order valence-electron chi connectivity index (χ0n) is 14.6. The van der Waals surface area contributed by atoms with Crippen LogP contribution in [0.25, 0.3) is 0 Å². The van der Waals surface area contributed by atoms with Crippen LogP contribution < -0.4 is 0 Å². The molecule has 0 amide bonds. The van der Waals surface area contributed by atoms with Crippen molar-refractivity contribution >= 4 is 29.1 Å². The first kappa shape index (κ1) is 17.1. The van der Waals surface area contributed by atoms with Gasteiger partial charge in [0.15, 0.2) is 5.78 Å². The molecule has 0 saturated heterocycles. The van der Waals surface area contributed by atoms with E-state index in [9.17, 15) is 9.59 Å². The molecule has 0 aliphatic carbocycles. The Hall–Kier alpha value is -3.35. The molecule has 2 aromatic rings. The Labute approximate surface area is 156 Å². The minimum Gasteiger partial charge on any atom is -0.481 e. The van der Waals surface area contributed by atoms with Gasteiger partial charge in [-0.25, -0.2) is 4.99 Å². The lowest BCUT2D eigenvalue weighted by molar-refractivity contribution is -0.136. The summed E-state index contributed by atoms with van der Waals surface area (Å²) in [4.78, 5) is 38.7. The van der Waals surface area contributed by atoms with E-state index in [1.54, 1.807) is 24.5 Å². The predicted octanol–water partition coefficient (Wildman–Crippen LogP) is 2.48. The number of aryl methyl sites for hydroxylation is 1. The average Bonchev–Trinajstić information content (AvgIpc) is 3.17. The van der Waals surface area contributed by atoms with Gasteiger partial charge in [-0.2, -0.15) is 0 Å². The number of fused-ring (bicyclic) bond motifs is 3. The van der Waals surface area contributed by atoms with Gasteiger partial charge in [0, 0.05) is 36.5 Å². The summed E-state index contributed by atoms with van der Waals surface area (Å²) >= 11 is 0. The van der Waals surface area contributed by atoms with Crippen LogP contribution in [-0.4, -0.2) is 51.5 Å². The molecule has 27 heavy (non-hydrogen) atoms. The van der Waals surface area contributed by atoms with Gasteiger partial charge in [0.1, 0.15) is 11.7 Å². The first-order valence-electron chi connectivity index (χ1n) is 8.80. The van der Waals surface area contributed by atoms with Crippen LogP contribution in [-0.2, 0) is 11.2 Å². The summed E-state index contributed by atoms with van der Waals surface area (Å²) in [5, 5.41) is 8.89. The highest BCUT2D eigenvalue weighted by Gasteiger charge is 2.30. The van der Waals surface area contributed by atoms with E-state index in [-0.39, 0.29) is 18.6 Å². The Morgan fingerprint density at radius 1 is 1.22 bits per heavy atom. The number of carbonyl (C=O) groups is 2. The number of aromatic nitrogens is 1. The van der Waals surface area contributed by atoms with Crippen molar-refractivity contribution in [1.29, 1.82) is 0 Å². The Bertz CT molecular complexity index is 966. The largest absolute Gasteiger partial charge is 0.481 e. The molecule has 1 N–H and O–H groups in total. The van der Waals surface area contributed by atoms with Gasteiger partial charge in [-0.3, -0.25) is 19.6 Å². The first-order valence-corrected chi connectivity index (χ1v) is 8.80. The van der Waals surface area contributed by atoms with Crippen LogP contribution >= 0.6 is 0 Å². The van der Waals surface area contributed by atoms with Crippen molar-refractivity contribution in [3.05, 3.63) is 59.4 Å². The number of amidine groups is 2. The SMILES string of the molecule is O=C(O)CCc1ccc2c(c1)N=C(CC(=O)c1cccnc1)N1CCN=C21. The van der Waals surface area contributed by atoms with Crippen molar-refractivity contribution in [2.75, 3.05) is 13.1 Å². The maximum absolute atomic E-state index is 12.6. The lowest BCUT2D eigenvalue weighted by Gasteiger charge is -2.27. The minimum absolute atomic E-state index is 0.0430. The monoisotopic (exact) mass is 362 g/mol. The lowest BCUT2D eigenvalue weighted by Crippen LogP contribution is -2.38. The summed E-state index contributed by atoms with van der Waals surface area (Å²) in [5.41, 5.74) is 3.12. The lowest BCUT2D eigenvalue weighted by atomic mass is 10.0. The molecule has 1 aromatic carbocycles. The van der Waals surface area contributed by atoms with Gasteiger partial charge < -0.3 is 10.0 Å². The summed E-state index contributed by atoms with van der Waals surface area (Å²) in [7, 11) is 0. The number of carboxylic acid groups (broad SMARTS) is 1. The quantitative estimate of drug-likeness (QED) is 0.797. The number of hydrogen-bond acceptors (Lipinski definition) is 6. The van der Waals surface area contributed by atoms with Gasteiger partial charge in [-0.05, 0) is 36.2 Å². The number of carboxylic acids is 1. The second-order valence-corrected chi connectivity index (χ2v) is 6.47. The summed E-state index contributed by atoms with van der Waals surface area (Å²) < 4.78 is 0. The summed E-state index contributed by atoms with van der Waals surface area (Å²) in [5.74, 6) is 0.630. The number of benzene rings is 1. The molecule has 4 rings (SSSR count). The van der Waals surface area contributed by atoms with E-state index in [2.05, 4.69) is 9.98 Å². The van der Waals surface area contributed by atoms with E-state index < -0.39 is 5.97 Å². The molecule has 3 heterocycles. The summed E-state index contributed by atoms with van der Waals surface area (Å²) in [6, 6.07) is 9.23. The van der Waals surface area contributed by atoms with Gasteiger partial charge in [-0.15, -0.1) is 0 Å². The summed E-state index contributed by atoms with van der Waals surface area (Å²) in [6.45, 7) is 1.37. The Morgan fingerprint density at radius 2 is 2.11 bits per heavy atom. The fourth-order valence-corrected chi connectivity index (χ4v) is 3.30. The molecule has 7 nitrogen and oxygen atoms in total.